The highest BCUT2D eigenvalue weighted by molar-refractivity contribution is 6.20. The Bertz CT molecular complexity index is 287. The lowest BCUT2D eigenvalue weighted by molar-refractivity contribution is -0.122. The summed E-state index contributed by atoms with van der Waals surface area (Å²) < 4.78 is 0. The van der Waals surface area contributed by atoms with Crippen LogP contribution in [0.3, 0.4) is 0 Å². The molecular formula is C12H16O2. The molecule has 0 aromatic carbocycles. The minimum atomic E-state index is -0.0261. The quantitative estimate of drug-likeness (QED) is 0.506. The molecule has 0 saturated heterocycles. The fraction of sp³-hybridized carbons (Fsp3) is 0.500. The zero-order valence-corrected chi connectivity index (χ0v) is 8.58. The molecule has 1 aliphatic carbocycles. The molecule has 14 heavy (non-hydrogen) atoms. The second-order valence-electron chi connectivity index (χ2n) is 3.84. The predicted octanol–water partition coefficient (Wildman–Crippen LogP) is 2.45. The van der Waals surface area contributed by atoms with Crippen molar-refractivity contribution in [3.8, 4) is 0 Å². The van der Waals surface area contributed by atoms with E-state index in [1.165, 1.54) is 0 Å². The van der Waals surface area contributed by atoms with Gasteiger partial charge in [-0.05, 0) is 18.8 Å². The van der Waals surface area contributed by atoms with Gasteiger partial charge in [0.05, 0.1) is 5.57 Å². The Morgan fingerprint density at radius 2 is 2.43 bits per heavy atom. The predicted molar refractivity (Wildman–Crippen MR) is 55.9 cm³/mol. The summed E-state index contributed by atoms with van der Waals surface area (Å²) >= 11 is 0. The van der Waals surface area contributed by atoms with Crippen LogP contribution in [0.4, 0.5) is 0 Å². The molecule has 1 rings (SSSR count). The Morgan fingerprint density at radius 1 is 1.71 bits per heavy atom. The second-order valence-corrected chi connectivity index (χ2v) is 3.84. The Balaban J connectivity index is 2.63. The van der Waals surface area contributed by atoms with E-state index in [-0.39, 0.29) is 11.6 Å². The van der Waals surface area contributed by atoms with Crippen molar-refractivity contribution in [2.45, 2.75) is 32.6 Å². The van der Waals surface area contributed by atoms with Crippen LogP contribution in [0.5, 0.6) is 0 Å². The average molecular weight is 192 g/mol. The summed E-state index contributed by atoms with van der Waals surface area (Å²) in [5.74, 6) is 0.373. The highest BCUT2D eigenvalue weighted by atomic mass is 16.1. The summed E-state index contributed by atoms with van der Waals surface area (Å²) in [5, 5.41) is 0. The fourth-order valence-electron chi connectivity index (χ4n) is 1.58. The summed E-state index contributed by atoms with van der Waals surface area (Å²) in [7, 11) is 0. The second kappa shape index (κ2) is 4.89. The molecule has 0 radical (unpaired) electrons. The number of carbonyl (C=O) groups is 2. The first-order chi connectivity index (χ1) is 6.65. The van der Waals surface area contributed by atoms with Crippen molar-refractivity contribution in [1.29, 1.82) is 0 Å². The van der Waals surface area contributed by atoms with E-state index in [4.69, 9.17) is 0 Å². The SMILES string of the molecule is C=CCCC(=O)C1=CC[C@@H](C)CC1=O. The average Bonchev–Trinajstić information content (AvgIpc) is 2.14. The Hall–Kier alpha value is -1.18. The molecule has 2 heteroatoms. The smallest absolute Gasteiger partial charge is 0.166 e. The third kappa shape index (κ3) is 2.66. The topological polar surface area (TPSA) is 34.1 Å². The van der Waals surface area contributed by atoms with Crippen LogP contribution in [-0.2, 0) is 9.59 Å². The number of hydrogen-bond donors (Lipinski definition) is 0. The van der Waals surface area contributed by atoms with E-state index in [1.54, 1.807) is 12.2 Å². The Labute approximate surface area is 84.7 Å². The maximum atomic E-state index is 11.5. The van der Waals surface area contributed by atoms with Gasteiger partial charge in [0.2, 0.25) is 0 Å². The van der Waals surface area contributed by atoms with Gasteiger partial charge in [-0.25, -0.2) is 0 Å². The fourth-order valence-corrected chi connectivity index (χ4v) is 1.58. The summed E-state index contributed by atoms with van der Waals surface area (Å²) in [6, 6.07) is 0. The highest BCUT2D eigenvalue weighted by Crippen LogP contribution is 2.21. The van der Waals surface area contributed by atoms with Crippen LogP contribution in [0.25, 0.3) is 0 Å². The molecule has 0 aliphatic heterocycles. The van der Waals surface area contributed by atoms with E-state index >= 15 is 0 Å². The minimum absolute atomic E-state index is 0.0119. The monoisotopic (exact) mass is 192 g/mol. The van der Waals surface area contributed by atoms with Crippen LogP contribution in [0.15, 0.2) is 24.3 Å². The molecule has 0 saturated carbocycles. The molecule has 0 aromatic rings. The summed E-state index contributed by atoms with van der Waals surface area (Å²) in [5.41, 5.74) is 0.421. The first kappa shape index (κ1) is 10.9. The largest absolute Gasteiger partial charge is 0.294 e. The van der Waals surface area contributed by atoms with Gasteiger partial charge in [0, 0.05) is 12.8 Å². The lowest BCUT2D eigenvalue weighted by atomic mass is 9.87. The van der Waals surface area contributed by atoms with Gasteiger partial charge in [-0.2, -0.15) is 0 Å². The van der Waals surface area contributed by atoms with Crippen molar-refractivity contribution in [2.24, 2.45) is 5.92 Å². The number of rotatable bonds is 4. The van der Waals surface area contributed by atoms with Crippen molar-refractivity contribution < 1.29 is 9.59 Å². The number of carbonyl (C=O) groups excluding carboxylic acids is 2. The molecule has 0 N–H and O–H groups in total. The number of Topliss-reactive ketones (excluding diaryl/α,β-unsaturated/α-hetero) is 2. The molecule has 0 spiro atoms. The molecule has 0 heterocycles. The zero-order chi connectivity index (χ0) is 10.6. The number of ketones is 2. The molecule has 0 amide bonds. The zero-order valence-electron chi connectivity index (χ0n) is 8.58. The van der Waals surface area contributed by atoms with Crippen LogP contribution in [0.1, 0.15) is 32.6 Å². The standard InChI is InChI=1S/C12H16O2/c1-3-4-5-11(13)10-7-6-9(2)8-12(10)14/h3,7,9H,1,4-6,8H2,2H3/t9-/m1/s1. The van der Waals surface area contributed by atoms with Crippen molar-refractivity contribution in [3.05, 3.63) is 24.3 Å². The van der Waals surface area contributed by atoms with Gasteiger partial charge in [0.1, 0.15) is 0 Å². The maximum Gasteiger partial charge on any atom is 0.166 e. The minimum Gasteiger partial charge on any atom is -0.294 e. The van der Waals surface area contributed by atoms with Crippen LogP contribution < -0.4 is 0 Å². The molecular weight excluding hydrogens is 176 g/mol. The third-order valence-corrected chi connectivity index (χ3v) is 2.43. The normalized spacial score (nSPS) is 21.6. The van der Waals surface area contributed by atoms with Crippen molar-refractivity contribution in [1.82, 2.24) is 0 Å². The highest BCUT2D eigenvalue weighted by Gasteiger charge is 2.23. The van der Waals surface area contributed by atoms with Crippen LogP contribution in [0.2, 0.25) is 0 Å². The Kier molecular flexibility index (Phi) is 3.81. The maximum absolute atomic E-state index is 11.5. The summed E-state index contributed by atoms with van der Waals surface area (Å²) in [4.78, 5) is 23.0. The van der Waals surface area contributed by atoms with Crippen molar-refractivity contribution in [2.75, 3.05) is 0 Å². The van der Waals surface area contributed by atoms with Gasteiger partial charge in [-0.1, -0.05) is 19.1 Å². The van der Waals surface area contributed by atoms with E-state index in [0.29, 0.717) is 30.8 Å². The van der Waals surface area contributed by atoms with Crippen molar-refractivity contribution in [3.63, 3.8) is 0 Å². The number of allylic oxidation sites excluding steroid dienone is 3. The van der Waals surface area contributed by atoms with Crippen LogP contribution in [0, 0.1) is 5.92 Å². The first-order valence-corrected chi connectivity index (χ1v) is 5.02. The van der Waals surface area contributed by atoms with Crippen molar-refractivity contribution >= 4 is 11.6 Å². The summed E-state index contributed by atoms with van der Waals surface area (Å²) in [6.45, 7) is 5.58. The molecule has 0 aromatic heterocycles. The lowest BCUT2D eigenvalue weighted by Crippen LogP contribution is -2.19. The van der Waals surface area contributed by atoms with Gasteiger partial charge in [-0.3, -0.25) is 9.59 Å². The summed E-state index contributed by atoms with van der Waals surface area (Å²) in [6.07, 6.45) is 5.93. The Morgan fingerprint density at radius 3 is 3.00 bits per heavy atom. The van der Waals surface area contributed by atoms with Crippen LogP contribution in [-0.4, -0.2) is 11.6 Å². The molecule has 1 aliphatic rings. The molecule has 0 unspecified atom stereocenters. The number of hydrogen-bond acceptors (Lipinski definition) is 2. The lowest BCUT2D eigenvalue weighted by Gasteiger charge is -2.15. The molecule has 1 atom stereocenters. The van der Waals surface area contributed by atoms with E-state index < -0.39 is 0 Å². The molecule has 2 nitrogen and oxygen atoms in total. The molecule has 76 valence electrons. The van der Waals surface area contributed by atoms with Gasteiger partial charge < -0.3 is 0 Å². The molecule has 0 bridgehead atoms. The van der Waals surface area contributed by atoms with Gasteiger partial charge in [0.15, 0.2) is 11.6 Å². The van der Waals surface area contributed by atoms with Crippen LogP contribution >= 0.6 is 0 Å². The van der Waals surface area contributed by atoms with E-state index in [0.717, 1.165) is 6.42 Å². The van der Waals surface area contributed by atoms with E-state index in [9.17, 15) is 9.59 Å². The molecule has 0 fully saturated rings. The van der Waals surface area contributed by atoms with E-state index in [2.05, 4.69) is 6.58 Å². The first-order valence-electron chi connectivity index (χ1n) is 5.02. The van der Waals surface area contributed by atoms with Gasteiger partial charge >= 0.3 is 0 Å². The van der Waals surface area contributed by atoms with E-state index in [1.807, 2.05) is 6.92 Å². The third-order valence-electron chi connectivity index (χ3n) is 2.43. The van der Waals surface area contributed by atoms with Gasteiger partial charge in [-0.15, -0.1) is 6.58 Å². The van der Waals surface area contributed by atoms with Gasteiger partial charge in [0.25, 0.3) is 0 Å².